The number of ether oxygens (including phenoxy) is 1. The molecule has 1 saturated heterocycles. The Bertz CT molecular complexity index is 398. The largest absolute Gasteiger partial charge is 0.392 e. The number of nitrogens with one attached hydrogen (secondary N) is 1. The standard InChI is InChI=1S/C14H23NO3/c1-12(2,3)15-7-6-9-8-13(4)10(16)18-11(17)14(9,13)5/h9,15H,6-8H2,1-5H3. The van der Waals surface area contributed by atoms with Crippen LogP contribution in [0.2, 0.25) is 0 Å². The highest BCUT2D eigenvalue weighted by atomic mass is 16.6. The lowest BCUT2D eigenvalue weighted by Crippen LogP contribution is -2.57. The summed E-state index contributed by atoms with van der Waals surface area (Å²) in [7, 11) is 0. The molecule has 4 nitrogen and oxygen atoms in total. The first-order valence-corrected chi connectivity index (χ1v) is 6.63. The summed E-state index contributed by atoms with van der Waals surface area (Å²) in [5, 5.41) is 3.42. The summed E-state index contributed by atoms with van der Waals surface area (Å²) >= 11 is 0. The number of hydrogen-bond acceptors (Lipinski definition) is 4. The normalized spacial score (nSPS) is 39.3. The third kappa shape index (κ3) is 1.69. The van der Waals surface area contributed by atoms with Crippen LogP contribution in [0.25, 0.3) is 0 Å². The molecule has 2 rings (SSSR count). The fourth-order valence-electron chi connectivity index (χ4n) is 3.23. The zero-order valence-corrected chi connectivity index (χ0v) is 11.9. The zero-order chi connectivity index (χ0) is 13.8. The number of cyclic esters (lactones) is 2. The maximum atomic E-state index is 11.9. The van der Waals surface area contributed by atoms with Crippen LogP contribution in [0.15, 0.2) is 0 Å². The maximum Gasteiger partial charge on any atom is 0.320 e. The van der Waals surface area contributed by atoms with Gasteiger partial charge in [0.2, 0.25) is 0 Å². The average Bonchev–Trinajstić information content (AvgIpc) is 2.35. The highest BCUT2D eigenvalue weighted by molar-refractivity contribution is 6.03. The van der Waals surface area contributed by atoms with Gasteiger partial charge in [-0.2, -0.15) is 0 Å². The molecule has 0 bridgehead atoms. The molecule has 2 aliphatic rings. The van der Waals surface area contributed by atoms with Gasteiger partial charge in [0, 0.05) is 5.54 Å². The lowest BCUT2D eigenvalue weighted by molar-refractivity contribution is -0.160. The molecular weight excluding hydrogens is 230 g/mol. The van der Waals surface area contributed by atoms with Crippen molar-refractivity contribution in [3.63, 3.8) is 0 Å². The van der Waals surface area contributed by atoms with E-state index in [-0.39, 0.29) is 23.4 Å². The highest BCUT2D eigenvalue weighted by Gasteiger charge is 2.73. The Balaban J connectivity index is 1.99. The second-order valence-corrected chi connectivity index (χ2v) is 7.08. The number of hydrogen-bond donors (Lipinski definition) is 1. The fraction of sp³-hybridized carbons (Fsp3) is 0.857. The lowest BCUT2D eigenvalue weighted by atomic mass is 9.45. The molecule has 102 valence electrons. The van der Waals surface area contributed by atoms with Crippen LogP contribution >= 0.6 is 0 Å². The van der Waals surface area contributed by atoms with Crippen LogP contribution in [0, 0.1) is 16.7 Å². The Kier molecular flexibility index (Phi) is 2.85. The second kappa shape index (κ2) is 3.80. The lowest BCUT2D eigenvalue weighted by Gasteiger charge is -2.52. The van der Waals surface area contributed by atoms with E-state index in [1.807, 2.05) is 13.8 Å². The molecule has 0 radical (unpaired) electrons. The number of carbonyl (C=O) groups excluding carboxylic acids is 2. The number of fused-ring (bicyclic) bond motifs is 1. The Labute approximate surface area is 108 Å². The van der Waals surface area contributed by atoms with Crippen LogP contribution in [-0.4, -0.2) is 24.0 Å². The van der Waals surface area contributed by atoms with Crippen molar-refractivity contribution in [1.29, 1.82) is 0 Å². The smallest absolute Gasteiger partial charge is 0.320 e. The minimum atomic E-state index is -0.607. The van der Waals surface area contributed by atoms with E-state index in [1.165, 1.54) is 0 Å². The van der Waals surface area contributed by atoms with Crippen molar-refractivity contribution >= 4 is 11.9 Å². The van der Waals surface area contributed by atoms with Gasteiger partial charge in [-0.1, -0.05) is 0 Å². The van der Waals surface area contributed by atoms with Crippen LogP contribution in [0.5, 0.6) is 0 Å². The summed E-state index contributed by atoms with van der Waals surface area (Å²) in [4.78, 5) is 23.6. The van der Waals surface area contributed by atoms with Crippen LogP contribution in [0.1, 0.15) is 47.5 Å². The third-order valence-electron chi connectivity index (χ3n) is 4.83. The number of rotatable bonds is 3. The fourth-order valence-corrected chi connectivity index (χ4v) is 3.23. The quantitative estimate of drug-likeness (QED) is 0.616. The van der Waals surface area contributed by atoms with Crippen molar-refractivity contribution in [1.82, 2.24) is 5.32 Å². The van der Waals surface area contributed by atoms with Gasteiger partial charge in [0.1, 0.15) is 0 Å². The van der Waals surface area contributed by atoms with E-state index in [1.54, 1.807) is 0 Å². The molecule has 3 atom stereocenters. The molecule has 18 heavy (non-hydrogen) atoms. The SMILES string of the molecule is CC(C)(C)NCCC1CC2(C)C(=O)OC(=O)C12C. The van der Waals surface area contributed by atoms with E-state index in [4.69, 9.17) is 4.74 Å². The summed E-state index contributed by atoms with van der Waals surface area (Å²) < 4.78 is 4.83. The predicted molar refractivity (Wildman–Crippen MR) is 67.8 cm³/mol. The number of esters is 2. The van der Waals surface area contributed by atoms with E-state index in [0.717, 1.165) is 19.4 Å². The molecule has 1 heterocycles. The Morgan fingerprint density at radius 3 is 2.39 bits per heavy atom. The first-order chi connectivity index (χ1) is 8.11. The molecule has 0 amide bonds. The molecule has 0 aromatic rings. The van der Waals surface area contributed by atoms with Gasteiger partial charge in [-0.25, -0.2) is 0 Å². The number of carbonyl (C=O) groups is 2. The molecule has 1 aliphatic heterocycles. The van der Waals surface area contributed by atoms with E-state index in [2.05, 4.69) is 26.1 Å². The van der Waals surface area contributed by atoms with Crippen molar-refractivity contribution in [2.75, 3.05) is 6.54 Å². The van der Waals surface area contributed by atoms with Crippen molar-refractivity contribution in [3.05, 3.63) is 0 Å². The van der Waals surface area contributed by atoms with Crippen molar-refractivity contribution in [3.8, 4) is 0 Å². The predicted octanol–water partition coefficient (Wildman–Crippen LogP) is 1.88. The monoisotopic (exact) mass is 253 g/mol. The minimum absolute atomic E-state index is 0.0833. The minimum Gasteiger partial charge on any atom is -0.392 e. The molecule has 4 heteroatoms. The summed E-state index contributed by atoms with van der Waals surface area (Å²) in [6, 6.07) is 0. The van der Waals surface area contributed by atoms with Gasteiger partial charge in [0.25, 0.3) is 0 Å². The van der Waals surface area contributed by atoms with Gasteiger partial charge in [-0.15, -0.1) is 0 Å². The van der Waals surface area contributed by atoms with Crippen molar-refractivity contribution in [2.45, 2.75) is 53.0 Å². The topological polar surface area (TPSA) is 55.4 Å². The Morgan fingerprint density at radius 1 is 1.28 bits per heavy atom. The third-order valence-corrected chi connectivity index (χ3v) is 4.83. The van der Waals surface area contributed by atoms with Crippen molar-refractivity contribution in [2.24, 2.45) is 16.7 Å². The van der Waals surface area contributed by atoms with E-state index < -0.39 is 10.8 Å². The second-order valence-electron chi connectivity index (χ2n) is 7.08. The molecule has 0 aromatic carbocycles. The maximum absolute atomic E-state index is 11.9. The average molecular weight is 253 g/mol. The summed E-state index contributed by atoms with van der Waals surface area (Å²) in [6.07, 6.45) is 1.67. The Hall–Kier alpha value is -0.900. The van der Waals surface area contributed by atoms with Gasteiger partial charge in [-0.3, -0.25) is 9.59 Å². The summed E-state index contributed by atoms with van der Waals surface area (Å²) in [5.41, 5.74) is -1.11. The first-order valence-electron chi connectivity index (χ1n) is 6.63. The molecule has 1 N–H and O–H groups in total. The summed E-state index contributed by atoms with van der Waals surface area (Å²) in [5.74, 6) is -0.423. The zero-order valence-electron chi connectivity index (χ0n) is 11.9. The summed E-state index contributed by atoms with van der Waals surface area (Å²) in [6.45, 7) is 11.0. The van der Waals surface area contributed by atoms with E-state index >= 15 is 0 Å². The molecule has 3 unspecified atom stereocenters. The van der Waals surface area contributed by atoms with Crippen LogP contribution < -0.4 is 5.32 Å². The van der Waals surface area contributed by atoms with Crippen LogP contribution in [-0.2, 0) is 14.3 Å². The molecule has 0 spiro atoms. The van der Waals surface area contributed by atoms with Crippen molar-refractivity contribution < 1.29 is 14.3 Å². The van der Waals surface area contributed by atoms with Crippen LogP contribution in [0.4, 0.5) is 0 Å². The Morgan fingerprint density at radius 2 is 1.89 bits per heavy atom. The molecular formula is C14H23NO3. The van der Waals surface area contributed by atoms with E-state index in [0.29, 0.717) is 0 Å². The highest BCUT2D eigenvalue weighted by Crippen LogP contribution is 2.65. The molecule has 1 aliphatic carbocycles. The van der Waals surface area contributed by atoms with Gasteiger partial charge < -0.3 is 10.1 Å². The van der Waals surface area contributed by atoms with Crippen LogP contribution in [0.3, 0.4) is 0 Å². The molecule has 1 saturated carbocycles. The molecule has 0 aromatic heterocycles. The van der Waals surface area contributed by atoms with Gasteiger partial charge in [-0.05, 0) is 59.9 Å². The first kappa shape index (κ1) is 13.5. The van der Waals surface area contributed by atoms with Gasteiger partial charge in [0.15, 0.2) is 0 Å². The van der Waals surface area contributed by atoms with Gasteiger partial charge >= 0.3 is 11.9 Å². The van der Waals surface area contributed by atoms with E-state index in [9.17, 15) is 9.59 Å². The van der Waals surface area contributed by atoms with Gasteiger partial charge in [0.05, 0.1) is 10.8 Å². The molecule has 2 fully saturated rings.